The van der Waals surface area contributed by atoms with E-state index < -0.39 is 77.2 Å². The van der Waals surface area contributed by atoms with Crippen LogP contribution in [0.5, 0.6) is 11.5 Å². The molecule has 0 saturated heterocycles. The molecule has 5 N–H and O–H groups in total. The summed E-state index contributed by atoms with van der Waals surface area (Å²) in [6.45, 7) is 15.7. The van der Waals surface area contributed by atoms with Gasteiger partial charge in [0.15, 0.2) is 0 Å². The summed E-state index contributed by atoms with van der Waals surface area (Å²) < 4.78 is 28.4. The zero-order valence-corrected chi connectivity index (χ0v) is 45.1. The molecule has 0 spiro atoms. The number of esters is 1. The van der Waals surface area contributed by atoms with Crippen LogP contribution in [0.3, 0.4) is 0 Å². The van der Waals surface area contributed by atoms with Gasteiger partial charge in [-0.05, 0) is 139 Å². The van der Waals surface area contributed by atoms with Gasteiger partial charge in [0.25, 0.3) is 5.91 Å². The number of carbonyl (C=O) groups excluding carboxylic acids is 7. The first-order valence-corrected chi connectivity index (χ1v) is 25.4. The van der Waals surface area contributed by atoms with E-state index in [0.29, 0.717) is 39.3 Å². The second-order valence-corrected chi connectivity index (χ2v) is 20.5. The normalized spacial score (nSPS) is 16.1. The lowest BCUT2D eigenvalue weighted by Gasteiger charge is -2.32. The van der Waals surface area contributed by atoms with Crippen molar-refractivity contribution in [2.75, 3.05) is 40.5 Å². The Bertz CT molecular complexity index is 2640. The number of ether oxygens (including phenoxy) is 5. The van der Waals surface area contributed by atoms with Gasteiger partial charge >= 0.3 is 18.2 Å². The Kier molecular flexibility index (Phi) is 20.6. The Morgan fingerprint density at radius 2 is 1.28 bits per heavy atom. The number of carbonyl (C=O) groups is 7. The topological polar surface area (TPSA) is 229 Å². The Morgan fingerprint density at radius 3 is 1.83 bits per heavy atom. The molecule has 4 bridgehead atoms. The number of methoxy groups -OCH3 is 1. The minimum Gasteiger partial charge on any atom is -0.491 e. The van der Waals surface area contributed by atoms with Crippen LogP contribution in [0.1, 0.15) is 115 Å². The molecule has 5 rings (SSSR count). The van der Waals surface area contributed by atoms with E-state index in [9.17, 15) is 33.6 Å². The van der Waals surface area contributed by atoms with Gasteiger partial charge in [0.2, 0.25) is 17.7 Å². The maximum absolute atomic E-state index is 14.7. The van der Waals surface area contributed by atoms with Crippen molar-refractivity contribution >= 4 is 41.8 Å². The van der Waals surface area contributed by atoms with Gasteiger partial charge in [0.05, 0.1) is 26.6 Å². The summed E-state index contributed by atoms with van der Waals surface area (Å²) in [6, 6.07) is 21.1. The van der Waals surface area contributed by atoms with E-state index in [4.69, 9.17) is 23.7 Å². The van der Waals surface area contributed by atoms with E-state index >= 15 is 0 Å². The van der Waals surface area contributed by atoms with Crippen LogP contribution in [-0.2, 0) is 46.2 Å². The molecular weight excluding hydrogens is 961 g/mol. The smallest absolute Gasteiger partial charge is 0.407 e. The Balaban J connectivity index is 1.53. The maximum atomic E-state index is 14.7. The Morgan fingerprint density at radius 1 is 0.733 bits per heavy atom. The number of amides is 6. The fourth-order valence-electron chi connectivity index (χ4n) is 8.16. The number of nitrogens with zero attached hydrogens (tertiary/aromatic N) is 1. The molecule has 0 saturated carbocycles. The van der Waals surface area contributed by atoms with Crippen LogP contribution in [0, 0.1) is 0 Å². The lowest BCUT2D eigenvalue weighted by Crippen LogP contribution is -2.53. The number of unbranched alkanes of at least 4 members (excludes halogenated alkanes) is 1. The molecule has 0 radical (unpaired) electrons. The van der Waals surface area contributed by atoms with E-state index in [1.165, 1.54) is 38.5 Å². The van der Waals surface area contributed by atoms with Crippen molar-refractivity contribution in [3.05, 3.63) is 107 Å². The first-order chi connectivity index (χ1) is 35.4. The molecule has 4 atom stereocenters. The van der Waals surface area contributed by atoms with E-state index in [2.05, 4.69) is 57.8 Å². The largest absolute Gasteiger partial charge is 0.491 e. The molecule has 404 valence electrons. The molecule has 4 aromatic rings. The summed E-state index contributed by atoms with van der Waals surface area (Å²) >= 11 is 0. The average Bonchev–Trinajstić information content (AvgIpc) is 3.35. The van der Waals surface area contributed by atoms with E-state index in [1.54, 1.807) is 90.1 Å². The Hall–Kier alpha value is -7.63. The molecule has 0 fully saturated rings. The SMILES string of the molecule is CCCCc1ccc(-c2ccc(C(=O)N[C@@H](C)C(=O)N(C)[C@@H]3C(=O)N[C@@H](C)C(=O)N[C@H](CC(=O)OC)Cc4ccc(OCCNC(=O)OC(C)(C)C)c(c4)-c4cc3ccc4OCCNC(=O)OC(C)(C)C)cc2)cc1. The van der Waals surface area contributed by atoms with E-state index in [1.807, 2.05) is 12.1 Å². The van der Waals surface area contributed by atoms with Crippen molar-refractivity contribution < 1.29 is 57.2 Å². The highest BCUT2D eigenvalue weighted by Crippen LogP contribution is 2.40. The standard InChI is InChI=1S/C57H74N6O12/c1-12-13-14-37-15-18-39(19-16-37)40-20-22-41(23-21-40)51(66)61-36(3)53(68)63(10)49-42-24-26-47(73-30-28-59-55(70)75-57(7,8)9)45(33-42)44-32-38(17-25-46(44)72-29-27-58-54(69)74-56(4,5)6)31-43(34-48(64)71-11)62-50(65)35(2)60-52(49)67/h15-26,32-33,35-36,43,49H,12-14,27-31,34H2,1-11H3,(H,58,69)(H,59,70)(H,60,67)(H,61,66)(H,62,65)/t35-,36-,43-,49-/m0/s1. The van der Waals surface area contributed by atoms with Gasteiger partial charge in [0, 0.05) is 29.8 Å². The first kappa shape index (κ1) is 58.3. The fraction of sp³-hybridized carbons (Fsp3) is 0.456. The maximum Gasteiger partial charge on any atom is 0.407 e. The minimum absolute atomic E-state index is 0.0107. The molecule has 0 aliphatic carbocycles. The lowest BCUT2D eigenvalue weighted by molar-refractivity contribution is -0.141. The molecule has 4 aromatic carbocycles. The molecule has 75 heavy (non-hydrogen) atoms. The number of hydrogen-bond acceptors (Lipinski definition) is 12. The van der Waals surface area contributed by atoms with Crippen molar-refractivity contribution in [2.24, 2.45) is 0 Å². The van der Waals surface area contributed by atoms with E-state index in [0.717, 1.165) is 30.4 Å². The van der Waals surface area contributed by atoms with Gasteiger partial charge in [0.1, 0.15) is 54.0 Å². The third kappa shape index (κ3) is 17.8. The number of aryl methyl sites for hydroxylation is 1. The first-order valence-electron chi connectivity index (χ1n) is 25.4. The number of likely N-dealkylation sites (N-methyl/N-ethyl adjacent to an activating group) is 1. The summed E-state index contributed by atoms with van der Waals surface area (Å²) in [4.78, 5) is 95.7. The number of rotatable bonds is 18. The van der Waals surface area contributed by atoms with Gasteiger partial charge in [-0.3, -0.25) is 24.0 Å². The predicted octanol–water partition coefficient (Wildman–Crippen LogP) is 7.60. The third-order valence-electron chi connectivity index (χ3n) is 11.9. The highest BCUT2D eigenvalue weighted by Gasteiger charge is 2.35. The number of nitrogens with one attached hydrogen (secondary N) is 5. The van der Waals surface area contributed by atoms with Gasteiger partial charge in [-0.25, -0.2) is 9.59 Å². The van der Waals surface area contributed by atoms with Gasteiger partial charge < -0.3 is 55.2 Å². The summed E-state index contributed by atoms with van der Waals surface area (Å²) in [5, 5.41) is 13.8. The molecule has 0 aromatic heterocycles. The van der Waals surface area contributed by atoms with E-state index in [-0.39, 0.29) is 39.1 Å². The summed E-state index contributed by atoms with van der Waals surface area (Å²) in [6.07, 6.45) is 1.90. The highest BCUT2D eigenvalue weighted by atomic mass is 16.6. The second-order valence-electron chi connectivity index (χ2n) is 20.5. The van der Waals surface area contributed by atoms with Crippen molar-refractivity contribution in [1.29, 1.82) is 0 Å². The fourth-order valence-corrected chi connectivity index (χ4v) is 8.16. The van der Waals surface area contributed by atoms with Gasteiger partial charge in [-0.1, -0.05) is 61.9 Å². The number of fused-ring (bicyclic) bond motifs is 5. The highest BCUT2D eigenvalue weighted by molar-refractivity contribution is 5.99. The van der Waals surface area contributed by atoms with Crippen LogP contribution in [0.15, 0.2) is 84.9 Å². The van der Waals surface area contributed by atoms with Crippen LogP contribution in [0.2, 0.25) is 0 Å². The van der Waals surface area contributed by atoms with Crippen molar-refractivity contribution in [3.8, 4) is 33.8 Å². The molecular formula is C57H74N6O12. The lowest BCUT2D eigenvalue weighted by atomic mass is 9.93. The van der Waals surface area contributed by atoms with Crippen LogP contribution in [0.4, 0.5) is 9.59 Å². The molecule has 6 amide bonds. The summed E-state index contributed by atoms with van der Waals surface area (Å²) in [5.41, 5.74) is 3.85. The third-order valence-corrected chi connectivity index (χ3v) is 11.9. The molecule has 18 nitrogen and oxygen atoms in total. The van der Waals surface area contributed by atoms with Crippen LogP contribution in [-0.4, -0.2) is 116 Å². The predicted molar refractivity (Wildman–Crippen MR) is 284 cm³/mol. The molecule has 0 unspecified atom stereocenters. The van der Waals surface area contributed by atoms with Crippen LogP contribution < -0.4 is 36.1 Å². The van der Waals surface area contributed by atoms with Crippen LogP contribution >= 0.6 is 0 Å². The monoisotopic (exact) mass is 1030 g/mol. The molecule has 1 aliphatic rings. The molecule has 18 heteroatoms. The van der Waals surface area contributed by atoms with Crippen molar-refractivity contribution in [1.82, 2.24) is 31.5 Å². The number of hydrogen-bond donors (Lipinski definition) is 5. The second kappa shape index (κ2) is 26.5. The number of alkyl carbamates (subject to hydrolysis) is 2. The Labute approximate surface area is 440 Å². The minimum atomic E-state index is -1.40. The van der Waals surface area contributed by atoms with Gasteiger partial charge in [-0.15, -0.1) is 0 Å². The van der Waals surface area contributed by atoms with Gasteiger partial charge in [-0.2, -0.15) is 0 Å². The van der Waals surface area contributed by atoms with Crippen molar-refractivity contribution in [2.45, 2.75) is 130 Å². The summed E-state index contributed by atoms with van der Waals surface area (Å²) in [7, 11) is 2.67. The zero-order chi connectivity index (χ0) is 55.0. The number of benzene rings is 4. The summed E-state index contributed by atoms with van der Waals surface area (Å²) in [5.74, 6) is -2.43. The molecule has 1 heterocycles. The average molecular weight is 1040 g/mol. The molecule has 1 aliphatic heterocycles. The quantitative estimate of drug-likeness (QED) is 0.0369. The van der Waals surface area contributed by atoms with Crippen LogP contribution in [0.25, 0.3) is 22.3 Å². The van der Waals surface area contributed by atoms with Crippen molar-refractivity contribution in [3.63, 3.8) is 0 Å². The zero-order valence-electron chi connectivity index (χ0n) is 45.1.